The first-order valence-electron chi connectivity index (χ1n) is 5.76. The topological polar surface area (TPSA) is 57.5 Å². The van der Waals surface area contributed by atoms with Crippen LogP contribution in [0.1, 0.15) is 22.3 Å². The normalized spacial score (nSPS) is 10.2. The van der Waals surface area contributed by atoms with Crippen LogP contribution in [0.4, 0.5) is 0 Å². The number of carbonyl (C=O) groups is 1. The van der Waals surface area contributed by atoms with E-state index in [0.29, 0.717) is 24.0 Å². The van der Waals surface area contributed by atoms with Gasteiger partial charge in [-0.1, -0.05) is 42.5 Å². The SMILES string of the molecule is O=C(CCc1cccc(O)c1O)c1ccccc1. The smallest absolute Gasteiger partial charge is 0.163 e. The average Bonchev–Trinajstić information content (AvgIpc) is 2.41. The number of phenolic OH excluding ortho intramolecular Hbond substituents is 2. The number of para-hydroxylation sites is 1. The van der Waals surface area contributed by atoms with E-state index in [9.17, 15) is 15.0 Å². The van der Waals surface area contributed by atoms with Gasteiger partial charge in [0.2, 0.25) is 0 Å². The number of benzene rings is 2. The number of phenols is 2. The van der Waals surface area contributed by atoms with E-state index >= 15 is 0 Å². The molecule has 0 saturated heterocycles. The molecule has 0 aliphatic carbocycles. The van der Waals surface area contributed by atoms with Crippen LogP contribution < -0.4 is 0 Å². The fourth-order valence-corrected chi connectivity index (χ4v) is 1.80. The van der Waals surface area contributed by atoms with Gasteiger partial charge in [0, 0.05) is 12.0 Å². The second-order valence-electron chi connectivity index (χ2n) is 4.07. The predicted molar refractivity (Wildman–Crippen MR) is 68.9 cm³/mol. The summed E-state index contributed by atoms with van der Waals surface area (Å²) in [5, 5.41) is 19.0. The zero-order chi connectivity index (χ0) is 13.0. The largest absolute Gasteiger partial charge is 0.504 e. The molecule has 0 amide bonds. The highest BCUT2D eigenvalue weighted by Crippen LogP contribution is 2.29. The Morgan fingerprint density at radius 2 is 1.67 bits per heavy atom. The van der Waals surface area contributed by atoms with Crippen LogP contribution in [0.15, 0.2) is 48.5 Å². The lowest BCUT2D eigenvalue weighted by Gasteiger charge is -2.05. The zero-order valence-electron chi connectivity index (χ0n) is 9.84. The molecule has 0 spiro atoms. The molecule has 0 aliphatic heterocycles. The van der Waals surface area contributed by atoms with Crippen LogP contribution >= 0.6 is 0 Å². The predicted octanol–water partition coefficient (Wildman–Crippen LogP) is 2.91. The molecule has 2 N–H and O–H groups in total. The van der Waals surface area contributed by atoms with Crippen LogP contribution in [-0.4, -0.2) is 16.0 Å². The number of hydrogen-bond acceptors (Lipinski definition) is 3. The summed E-state index contributed by atoms with van der Waals surface area (Å²) in [5.41, 5.74) is 1.25. The average molecular weight is 242 g/mol. The van der Waals surface area contributed by atoms with E-state index in [1.807, 2.05) is 18.2 Å². The molecule has 3 nitrogen and oxygen atoms in total. The highest BCUT2D eigenvalue weighted by molar-refractivity contribution is 5.96. The van der Waals surface area contributed by atoms with Gasteiger partial charge < -0.3 is 10.2 Å². The van der Waals surface area contributed by atoms with Gasteiger partial charge in [-0.2, -0.15) is 0 Å². The third-order valence-electron chi connectivity index (χ3n) is 2.82. The molecule has 0 aliphatic rings. The van der Waals surface area contributed by atoms with Gasteiger partial charge in [-0.3, -0.25) is 4.79 Å². The summed E-state index contributed by atoms with van der Waals surface area (Å²) in [6.07, 6.45) is 0.717. The summed E-state index contributed by atoms with van der Waals surface area (Å²) in [6, 6.07) is 13.8. The van der Waals surface area contributed by atoms with Gasteiger partial charge in [0.25, 0.3) is 0 Å². The maximum atomic E-state index is 11.9. The molecule has 0 radical (unpaired) electrons. The maximum Gasteiger partial charge on any atom is 0.163 e. The lowest BCUT2D eigenvalue weighted by Crippen LogP contribution is -2.01. The van der Waals surface area contributed by atoms with Crippen LogP contribution in [0.3, 0.4) is 0 Å². The molecule has 0 fully saturated rings. The quantitative estimate of drug-likeness (QED) is 0.640. The molecule has 0 unspecified atom stereocenters. The van der Waals surface area contributed by atoms with Crippen molar-refractivity contribution in [3.8, 4) is 11.5 Å². The van der Waals surface area contributed by atoms with Crippen molar-refractivity contribution in [2.45, 2.75) is 12.8 Å². The van der Waals surface area contributed by atoms with Gasteiger partial charge in [0.05, 0.1) is 0 Å². The van der Waals surface area contributed by atoms with Crippen molar-refractivity contribution in [1.29, 1.82) is 0 Å². The fraction of sp³-hybridized carbons (Fsp3) is 0.133. The van der Waals surface area contributed by atoms with E-state index in [4.69, 9.17) is 0 Å². The second kappa shape index (κ2) is 5.36. The molecular formula is C15H14O3. The van der Waals surface area contributed by atoms with Crippen molar-refractivity contribution < 1.29 is 15.0 Å². The van der Waals surface area contributed by atoms with Gasteiger partial charge >= 0.3 is 0 Å². The maximum absolute atomic E-state index is 11.9. The first-order valence-corrected chi connectivity index (χ1v) is 5.76. The van der Waals surface area contributed by atoms with Crippen molar-refractivity contribution >= 4 is 5.78 Å². The standard InChI is InChI=1S/C15H14O3/c16-13(11-5-2-1-3-6-11)10-9-12-7-4-8-14(17)15(12)18/h1-8,17-18H,9-10H2. The molecule has 0 atom stereocenters. The number of aromatic hydroxyl groups is 2. The number of Topliss-reactive ketones (excluding diaryl/α,β-unsaturated/α-hetero) is 1. The number of rotatable bonds is 4. The third-order valence-corrected chi connectivity index (χ3v) is 2.82. The summed E-state index contributed by atoms with van der Waals surface area (Å²) in [7, 11) is 0. The third kappa shape index (κ3) is 2.69. The minimum absolute atomic E-state index is 0.0262. The van der Waals surface area contributed by atoms with Crippen molar-refractivity contribution in [1.82, 2.24) is 0 Å². The molecule has 3 heteroatoms. The Morgan fingerprint density at radius 1 is 0.944 bits per heavy atom. The van der Waals surface area contributed by atoms with Crippen LogP contribution in [0, 0.1) is 0 Å². The first-order chi connectivity index (χ1) is 8.68. The van der Waals surface area contributed by atoms with E-state index in [-0.39, 0.29) is 17.3 Å². The van der Waals surface area contributed by atoms with Gasteiger partial charge in [0.15, 0.2) is 17.3 Å². The van der Waals surface area contributed by atoms with Crippen molar-refractivity contribution in [3.63, 3.8) is 0 Å². The van der Waals surface area contributed by atoms with Crippen LogP contribution in [-0.2, 0) is 6.42 Å². The lowest BCUT2D eigenvalue weighted by atomic mass is 10.0. The van der Waals surface area contributed by atoms with Gasteiger partial charge in [-0.25, -0.2) is 0 Å². The summed E-state index contributed by atoms with van der Waals surface area (Å²) >= 11 is 0. The molecule has 18 heavy (non-hydrogen) atoms. The Balaban J connectivity index is 2.04. The molecule has 0 bridgehead atoms. The molecule has 0 saturated carbocycles. The Labute approximate surface area is 105 Å². The summed E-state index contributed by atoms with van der Waals surface area (Å²) in [4.78, 5) is 11.9. The van der Waals surface area contributed by atoms with E-state index < -0.39 is 0 Å². The summed E-state index contributed by atoms with van der Waals surface area (Å²) in [6.45, 7) is 0. The Bertz CT molecular complexity index is 547. The number of carbonyl (C=O) groups excluding carboxylic acids is 1. The van der Waals surface area contributed by atoms with E-state index in [1.54, 1.807) is 24.3 Å². The zero-order valence-corrected chi connectivity index (χ0v) is 9.84. The second-order valence-corrected chi connectivity index (χ2v) is 4.07. The number of hydrogen-bond donors (Lipinski definition) is 2. The van der Waals surface area contributed by atoms with Gasteiger partial charge in [-0.05, 0) is 18.1 Å². The minimum atomic E-state index is -0.153. The summed E-state index contributed by atoms with van der Waals surface area (Å²) < 4.78 is 0. The number of aryl methyl sites for hydroxylation is 1. The molecule has 2 rings (SSSR count). The van der Waals surface area contributed by atoms with Gasteiger partial charge in [0.1, 0.15) is 0 Å². The Hall–Kier alpha value is -2.29. The van der Waals surface area contributed by atoms with Crippen LogP contribution in [0.25, 0.3) is 0 Å². The highest BCUT2D eigenvalue weighted by Gasteiger charge is 2.09. The minimum Gasteiger partial charge on any atom is -0.504 e. The van der Waals surface area contributed by atoms with Crippen molar-refractivity contribution in [2.24, 2.45) is 0 Å². The van der Waals surface area contributed by atoms with Crippen molar-refractivity contribution in [2.75, 3.05) is 0 Å². The molecule has 2 aromatic carbocycles. The van der Waals surface area contributed by atoms with Crippen molar-refractivity contribution in [3.05, 3.63) is 59.7 Å². The summed E-state index contributed by atoms with van der Waals surface area (Å²) in [5.74, 6) is -0.267. The molecule has 2 aromatic rings. The molecular weight excluding hydrogens is 228 g/mol. The Kier molecular flexibility index (Phi) is 3.63. The van der Waals surface area contributed by atoms with Crippen LogP contribution in [0.5, 0.6) is 11.5 Å². The Morgan fingerprint density at radius 3 is 2.39 bits per heavy atom. The van der Waals surface area contributed by atoms with E-state index in [2.05, 4.69) is 0 Å². The lowest BCUT2D eigenvalue weighted by molar-refractivity contribution is 0.0982. The molecule has 0 heterocycles. The molecule has 0 aromatic heterocycles. The van der Waals surface area contributed by atoms with Gasteiger partial charge in [-0.15, -0.1) is 0 Å². The van der Waals surface area contributed by atoms with E-state index in [0.717, 1.165) is 0 Å². The molecule has 92 valence electrons. The first kappa shape index (κ1) is 12.2. The number of ketones is 1. The van der Waals surface area contributed by atoms with Crippen LogP contribution in [0.2, 0.25) is 0 Å². The van der Waals surface area contributed by atoms with E-state index in [1.165, 1.54) is 6.07 Å². The fourth-order valence-electron chi connectivity index (χ4n) is 1.80. The highest BCUT2D eigenvalue weighted by atomic mass is 16.3. The monoisotopic (exact) mass is 242 g/mol.